The van der Waals surface area contributed by atoms with Gasteiger partial charge in [-0.05, 0) is 32.6 Å². The molecule has 1 fully saturated rings. The van der Waals surface area contributed by atoms with E-state index in [-0.39, 0.29) is 11.7 Å². The molecule has 0 aromatic carbocycles. The van der Waals surface area contributed by atoms with Crippen molar-refractivity contribution < 1.29 is 13.2 Å². The zero-order valence-electron chi connectivity index (χ0n) is 10.8. The average molecular weight is 262 g/mol. The predicted molar refractivity (Wildman–Crippen MR) is 67.0 cm³/mol. The molecule has 1 atom stereocenters. The van der Waals surface area contributed by atoms with Crippen molar-refractivity contribution in [1.29, 1.82) is 0 Å². The average Bonchev–Trinajstić information content (AvgIpc) is 2.15. The second-order valence-corrected chi connectivity index (χ2v) is 7.46. The molecule has 0 amide bonds. The summed E-state index contributed by atoms with van der Waals surface area (Å²) in [6.07, 6.45) is 3.30. The van der Waals surface area contributed by atoms with Crippen molar-refractivity contribution in [3.8, 4) is 0 Å². The highest BCUT2D eigenvalue weighted by molar-refractivity contribution is 7.88. The first-order chi connectivity index (χ1) is 7.60. The van der Waals surface area contributed by atoms with Crippen LogP contribution in [0.5, 0.6) is 0 Å². The lowest BCUT2D eigenvalue weighted by atomic mass is 9.88. The molecule has 1 rings (SSSR count). The van der Waals surface area contributed by atoms with E-state index >= 15 is 0 Å². The Morgan fingerprint density at radius 2 is 2.06 bits per heavy atom. The molecule has 6 heteroatoms. The lowest BCUT2D eigenvalue weighted by molar-refractivity contribution is -0.124. The second kappa shape index (κ2) is 5.04. The highest BCUT2D eigenvalue weighted by Gasteiger charge is 2.30. The van der Waals surface area contributed by atoms with Gasteiger partial charge in [-0.2, -0.15) is 0 Å². The Morgan fingerprint density at radius 3 is 2.53 bits per heavy atom. The van der Waals surface area contributed by atoms with Crippen molar-refractivity contribution >= 4 is 15.8 Å². The quantitative estimate of drug-likeness (QED) is 0.793. The Labute approximate surface area is 103 Å². The summed E-state index contributed by atoms with van der Waals surface area (Å²) in [6, 6.07) is 0. The van der Waals surface area contributed by atoms with E-state index < -0.39 is 15.6 Å². The molecule has 17 heavy (non-hydrogen) atoms. The Balaban J connectivity index is 2.60. The topological polar surface area (TPSA) is 80.5 Å². The predicted octanol–water partition coefficient (Wildman–Crippen LogP) is 0.355. The number of carbonyl (C=O) groups is 1. The molecule has 0 spiro atoms. The van der Waals surface area contributed by atoms with Crippen molar-refractivity contribution in [3.05, 3.63) is 0 Å². The van der Waals surface area contributed by atoms with Crippen molar-refractivity contribution in [2.24, 2.45) is 11.7 Å². The SMILES string of the molecule is CC(C)(N)C(=O)CC1CCCN(S(C)(=O)=O)C1. The highest BCUT2D eigenvalue weighted by atomic mass is 32.2. The zero-order valence-corrected chi connectivity index (χ0v) is 11.6. The second-order valence-electron chi connectivity index (χ2n) is 5.48. The minimum absolute atomic E-state index is 0.00199. The van der Waals surface area contributed by atoms with Gasteiger partial charge in [0.1, 0.15) is 0 Å². The van der Waals surface area contributed by atoms with Crippen LogP contribution < -0.4 is 5.73 Å². The lowest BCUT2D eigenvalue weighted by Crippen LogP contribution is -2.45. The molecular weight excluding hydrogens is 240 g/mol. The van der Waals surface area contributed by atoms with E-state index in [2.05, 4.69) is 0 Å². The fourth-order valence-electron chi connectivity index (χ4n) is 2.02. The first-order valence-electron chi connectivity index (χ1n) is 5.88. The molecule has 0 bridgehead atoms. The van der Waals surface area contributed by atoms with Gasteiger partial charge in [-0.1, -0.05) is 0 Å². The van der Waals surface area contributed by atoms with Gasteiger partial charge in [-0.3, -0.25) is 4.79 Å². The van der Waals surface area contributed by atoms with E-state index in [1.54, 1.807) is 13.8 Å². The van der Waals surface area contributed by atoms with E-state index in [1.165, 1.54) is 10.6 Å². The maximum atomic E-state index is 11.8. The number of Topliss-reactive ketones (excluding diaryl/α,β-unsaturated/α-hetero) is 1. The molecule has 2 N–H and O–H groups in total. The summed E-state index contributed by atoms with van der Waals surface area (Å²) in [5.41, 5.74) is 4.91. The summed E-state index contributed by atoms with van der Waals surface area (Å²) in [5.74, 6) is 0.103. The third-order valence-electron chi connectivity index (χ3n) is 3.14. The number of rotatable bonds is 4. The number of hydrogen-bond acceptors (Lipinski definition) is 4. The van der Waals surface area contributed by atoms with Gasteiger partial charge in [0.25, 0.3) is 0 Å². The number of sulfonamides is 1. The lowest BCUT2D eigenvalue weighted by Gasteiger charge is -2.31. The fourth-order valence-corrected chi connectivity index (χ4v) is 2.96. The number of carbonyl (C=O) groups excluding carboxylic acids is 1. The van der Waals surface area contributed by atoms with E-state index in [9.17, 15) is 13.2 Å². The highest BCUT2D eigenvalue weighted by Crippen LogP contribution is 2.23. The van der Waals surface area contributed by atoms with E-state index in [0.29, 0.717) is 19.5 Å². The first kappa shape index (κ1) is 14.6. The van der Waals surface area contributed by atoms with Crippen LogP contribution in [0.2, 0.25) is 0 Å². The molecule has 0 saturated carbocycles. The number of ketones is 1. The maximum absolute atomic E-state index is 11.8. The molecule has 1 aliphatic heterocycles. The molecule has 1 saturated heterocycles. The largest absolute Gasteiger partial charge is 0.319 e. The van der Waals surface area contributed by atoms with Crippen LogP contribution in [0.1, 0.15) is 33.1 Å². The van der Waals surface area contributed by atoms with Crippen LogP contribution in [-0.4, -0.2) is 43.4 Å². The summed E-state index contributed by atoms with van der Waals surface area (Å²) in [5, 5.41) is 0. The Hall–Kier alpha value is -0.460. The summed E-state index contributed by atoms with van der Waals surface area (Å²) >= 11 is 0. The van der Waals surface area contributed by atoms with Gasteiger partial charge in [0.2, 0.25) is 10.0 Å². The van der Waals surface area contributed by atoms with Crippen molar-refractivity contribution in [1.82, 2.24) is 4.31 Å². The Bertz CT molecular complexity index is 384. The van der Waals surface area contributed by atoms with Gasteiger partial charge in [0.15, 0.2) is 5.78 Å². The van der Waals surface area contributed by atoms with E-state index in [0.717, 1.165) is 12.8 Å². The molecule has 0 radical (unpaired) electrons. The van der Waals surface area contributed by atoms with Crippen molar-refractivity contribution in [3.63, 3.8) is 0 Å². The molecule has 0 aromatic rings. The number of hydrogen-bond donors (Lipinski definition) is 1. The molecule has 5 nitrogen and oxygen atoms in total. The summed E-state index contributed by atoms with van der Waals surface area (Å²) in [7, 11) is -3.14. The summed E-state index contributed by atoms with van der Waals surface area (Å²) in [6.45, 7) is 4.38. The normalized spacial score (nSPS) is 23.6. The molecule has 1 aliphatic rings. The molecule has 0 aromatic heterocycles. The standard InChI is InChI=1S/C11H22N2O3S/c1-11(2,12)10(14)7-9-5-4-6-13(8-9)17(3,15)16/h9H,4-8,12H2,1-3H3. The molecule has 0 aliphatic carbocycles. The fraction of sp³-hybridized carbons (Fsp3) is 0.909. The number of nitrogens with zero attached hydrogens (tertiary/aromatic N) is 1. The van der Waals surface area contributed by atoms with Crippen LogP contribution in [-0.2, 0) is 14.8 Å². The zero-order chi connectivity index (χ0) is 13.3. The molecule has 1 unspecified atom stereocenters. The summed E-state index contributed by atoms with van der Waals surface area (Å²) in [4.78, 5) is 11.8. The smallest absolute Gasteiger partial charge is 0.211 e. The number of nitrogens with two attached hydrogens (primary N) is 1. The van der Waals surface area contributed by atoms with Crippen molar-refractivity contribution in [2.75, 3.05) is 19.3 Å². The van der Waals surface area contributed by atoms with Crippen LogP contribution in [0.3, 0.4) is 0 Å². The minimum Gasteiger partial charge on any atom is -0.319 e. The molecular formula is C11H22N2O3S. The molecule has 100 valence electrons. The van der Waals surface area contributed by atoms with Gasteiger partial charge >= 0.3 is 0 Å². The number of piperidine rings is 1. The third kappa shape index (κ3) is 4.37. The maximum Gasteiger partial charge on any atom is 0.211 e. The van der Waals surface area contributed by atoms with Crippen LogP contribution in [0.25, 0.3) is 0 Å². The van der Waals surface area contributed by atoms with Crippen LogP contribution in [0, 0.1) is 5.92 Å². The van der Waals surface area contributed by atoms with Crippen LogP contribution in [0.4, 0.5) is 0 Å². The first-order valence-corrected chi connectivity index (χ1v) is 7.73. The summed E-state index contributed by atoms with van der Waals surface area (Å²) < 4.78 is 24.3. The van der Waals surface area contributed by atoms with Crippen LogP contribution in [0.15, 0.2) is 0 Å². The Morgan fingerprint density at radius 1 is 1.47 bits per heavy atom. The monoisotopic (exact) mass is 262 g/mol. The van der Waals surface area contributed by atoms with Gasteiger partial charge < -0.3 is 5.73 Å². The third-order valence-corrected chi connectivity index (χ3v) is 4.41. The van der Waals surface area contributed by atoms with Gasteiger partial charge in [0, 0.05) is 19.5 Å². The van der Waals surface area contributed by atoms with Gasteiger partial charge in [0.05, 0.1) is 11.8 Å². The Kier molecular flexibility index (Phi) is 4.33. The van der Waals surface area contributed by atoms with E-state index in [4.69, 9.17) is 5.73 Å². The van der Waals surface area contributed by atoms with E-state index in [1.807, 2.05) is 0 Å². The van der Waals surface area contributed by atoms with Gasteiger partial charge in [-0.25, -0.2) is 12.7 Å². The molecule has 1 heterocycles. The van der Waals surface area contributed by atoms with Crippen molar-refractivity contribution in [2.45, 2.75) is 38.6 Å². The minimum atomic E-state index is -3.14. The van der Waals surface area contributed by atoms with Crippen LogP contribution >= 0.6 is 0 Å². The van der Waals surface area contributed by atoms with Gasteiger partial charge in [-0.15, -0.1) is 0 Å².